The van der Waals surface area contributed by atoms with E-state index in [1.54, 1.807) is 23.5 Å². The van der Waals surface area contributed by atoms with Crippen molar-refractivity contribution in [2.24, 2.45) is 0 Å². The fourth-order valence-corrected chi connectivity index (χ4v) is 3.92. The molecule has 3 nitrogen and oxygen atoms in total. The first kappa shape index (κ1) is 14.5. The fraction of sp³-hybridized carbons (Fsp3) is 0.231. The summed E-state index contributed by atoms with van der Waals surface area (Å²) in [6, 6.07) is 9.95. The first-order chi connectivity index (χ1) is 8.97. The third-order valence-corrected chi connectivity index (χ3v) is 5.32. The van der Waals surface area contributed by atoms with Crippen molar-refractivity contribution in [1.82, 2.24) is 4.72 Å². The Bertz CT molecular complexity index is 621. The molecule has 0 fully saturated rings. The Labute approximate surface area is 122 Å². The van der Waals surface area contributed by atoms with E-state index in [4.69, 9.17) is 11.6 Å². The Morgan fingerprint density at radius 3 is 2.53 bits per heavy atom. The number of hydrogen-bond donors (Lipinski definition) is 1. The minimum absolute atomic E-state index is 0.153. The minimum Gasteiger partial charge on any atom is -0.208 e. The van der Waals surface area contributed by atoms with Crippen molar-refractivity contribution in [3.63, 3.8) is 0 Å². The summed E-state index contributed by atoms with van der Waals surface area (Å²) >= 11 is 7.37. The van der Waals surface area contributed by atoms with Crippen molar-refractivity contribution in [1.29, 1.82) is 0 Å². The van der Waals surface area contributed by atoms with Gasteiger partial charge in [-0.2, -0.15) is 0 Å². The minimum atomic E-state index is -3.48. The topological polar surface area (TPSA) is 46.2 Å². The molecule has 1 aromatic carbocycles. The van der Waals surface area contributed by atoms with Crippen LogP contribution in [0.1, 0.15) is 11.8 Å². The van der Waals surface area contributed by atoms with E-state index in [1.807, 2.05) is 24.4 Å². The molecule has 0 aliphatic carbocycles. The molecule has 1 heterocycles. The molecule has 0 amide bonds. The van der Waals surface area contributed by atoms with Gasteiger partial charge in [0.25, 0.3) is 0 Å². The molecule has 1 aromatic heterocycles. The Kier molecular flexibility index (Phi) is 4.62. The normalized spacial score (nSPS) is 13.4. The molecule has 0 aliphatic heterocycles. The average Bonchev–Trinajstić information content (AvgIpc) is 2.81. The third kappa shape index (κ3) is 4.04. The maximum Gasteiger partial charge on any atom is 0.240 e. The van der Waals surface area contributed by atoms with Gasteiger partial charge in [-0.3, -0.25) is 0 Å². The van der Waals surface area contributed by atoms with Crippen molar-refractivity contribution in [3.05, 3.63) is 51.7 Å². The van der Waals surface area contributed by atoms with E-state index >= 15 is 0 Å². The molecule has 1 atom stereocenters. The van der Waals surface area contributed by atoms with Crippen LogP contribution in [0.3, 0.4) is 0 Å². The van der Waals surface area contributed by atoms with Gasteiger partial charge in [-0.25, -0.2) is 13.1 Å². The lowest BCUT2D eigenvalue weighted by Crippen LogP contribution is -2.33. The number of nitrogens with one attached hydrogen (secondary N) is 1. The number of benzene rings is 1. The quantitative estimate of drug-likeness (QED) is 0.920. The van der Waals surface area contributed by atoms with Gasteiger partial charge in [0.1, 0.15) is 0 Å². The van der Waals surface area contributed by atoms with Gasteiger partial charge in [0.15, 0.2) is 0 Å². The van der Waals surface area contributed by atoms with Crippen LogP contribution in [0, 0.1) is 0 Å². The summed E-state index contributed by atoms with van der Waals surface area (Å²) < 4.78 is 26.9. The average molecular weight is 316 g/mol. The van der Waals surface area contributed by atoms with Crippen LogP contribution in [0.5, 0.6) is 0 Å². The van der Waals surface area contributed by atoms with Crippen LogP contribution in [0.15, 0.2) is 46.7 Å². The Morgan fingerprint density at radius 2 is 1.95 bits per heavy atom. The van der Waals surface area contributed by atoms with Gasteiger partial charge in [0, 0.05) is 15.9 Å². The predicted octanol–water partition coefficient (Wildman–Crippen LogP) is 3.31. The predicted molar refractivity (Wildman–Crippen MR) is 79.3 cm³/mol. The molecule has 6 heteroatoms. The Hall–Kier alpha value is -0.880. The molecule has 0 saturated carbocycles. The fourth-order valence-electron chi connectivity index (χ4n) is 1.72. The van der Waals surface area contributed by atoms with E-state index in [0.717, 1.165) is 4.88 Å². The summed E-state index contributed by atoms with van der Waals surface area (Å²) in [5.41, 5.74) is 0. The first-order valence-corrected chi connectivity index (χ1v) is 8.52. The lowest BCUT2D eigenvalue weighted by atomic mass is 10.2. The summed E-state index contributed by atoms with van der Waals surface area (Å²) in [6.07, 6.45) is 0.685. The molecule has 0 unspecified atom stereocenters. The van der Waals surface area contributed by atoms with E-state index in [1.165, 1.54) is 12.1 Å². The van der Waals surface area contributed by atoms with E-state index in [0.29, 0.717) is 11.4 Å². The maximum atomic E-state index is 12.1. The zero-order chi connectivity index (χ0) is 13.9. The van der Waals surface area contributed by atoms with Crippen LogP contribution in [0.25, 0.3) is 0 Å². The second-order valence-corrected chi connectivity index (χ2v) is 7.44. The van der Waals surface area contributed by atoms with Gasteiger partial charge in [-0.05, 0) is 49.1 Å². The molecule has 0 radical (unpaired) electrons. The van der Waals surface area contributed by atoms with E-state index in [2.05, 4.69) is 4.72 Å². The smallest absolute Gasteiger partial charge is 0.208 e. The summed E-state index contributed by atoms with van der Waals surface area (Å²) in [6.45, 7) is 1.85. The van der Waals surface area contributed by atoms with Crippen molar-refractivity contribution in [3.8, 4) is 0 Å². The monoisotopic (exact) mass is 315 g/mol. The lowest BCUT2D eigenvalue weighted by molar-refractivity contribution is 0.561. The lowest BCUT2D eigenvalue weighted by Gasteiger charge is -2.13. The molecular formula is C13H14ClNO2S2. The molecule has 0 aliphatic rings. The van der Waals surface area contributed by atoms with Gasteiger partial charge < -0.3 is 0 Å². The highest BCUT2D eigenvalue weighted by molar-refractivity contribution is 7.89. The van der Waals surface area contributed by atoms with Crippen molar-refractivity contribution in [2.75, 3.05) is 0 Å². The SMILES string of the molecule is C[C@@H](Cc1cccs1)NS(=O)(=O)c1ccc(Cl)cc1. The van der Waals surface area contributed by atoms with Crippen molar-refractivity contribution in [2.45, 2.75) is 24.3 Å². The summed E-state index contributed by atoms with van der Waals surface area (Å²) in [4.78, 5) is 1.39. The third-order valence-electron chi connectivity index (χ3n) is 2.57. The van der Waals surface area contributed by atoms with E-state index in [-0.39, 0.29) is 10.9 Å². The number of thiophene rings is 1. The van der Waals surface area contributed by atoms with Crippen LogP contribution < -0.4 is 4.72 Å². The molecule has 0 spiro atoms. The molecule has 2 aromatic rings. The van der Waals surface area contributed by atoms with Gasteiger partial charge in [-0.1, -0.05) is 17.7 Å². The highest BCUT2D eigenvalue weighted by atomic mass is 35.5. The Balaban J connectivity index is 2.06. The van der Waals surface area contributed by atoms with Crippen LogP contribution in [-0.4, -0.2) is 14.5 Å². The van der Waals surface area contributed by atoms with Gasteiger partial charge >= 0.3 is 0 Å². The van der Waals surface area contributed by atoms with Gasteiger partial charge in [0.2, 0.25) is 10.0 Å². The molecular weight excluding hydrogens is 302 g/mol. The summed E-state index contributed by atoms with van der Waals surface area (Å²) in [5, 5.41) is 2.50. The maximum absolute atomic E-state index is 12.1. The highest BCUT2D eigenvalue weighted by Crippen LogP contribution is 2.16. The van der Waals surface area contributed by atoms with Crippen LogP contribution in [0.2, 0.25) is 5.02 Å². The van der Waals surface area contributed by atoms with Gasteiger partial charge in [-0.15, -0.1) is 11.3 Å². The number of sulfonamides is 1. The zero-order valence-corrected chi connectivity index (χ0v) is 12.7. The molecule has 102 valence electrons. The number of halogens is 1. The van der Waals surface area contributed by atoms with Gasteiger partial charge in [0.05, 0.1) is 4.90 Å². The van der Waals surface area contributed by atoms with E-state index in [9.17, 15) is 8.42 Å². The second kappa shape index (κ2) is 6.05. The number of rotatable bonds is 5. The Morgan fingerprint density at radius 1 is 1.26 bits per heavy atom. The van der Waals surface area contributed by atoms with Crippen molar-refractivity contribution < 1.29 is 8.42 Å². The molecule has 1 N–H and O–H groups in total. The number of hydrogen-bond acceptors (Lipinski definition) is 3. The second-order valence-electron chi connectivity index (χ2n) is 4.26. The zero-order valence-electron chi connectivity index (χ0n) is 10.3. The largest absolute Gasteiger partial charge is 0.240 e. The summed E-state index contributed by atoms with van der Waals surface area (Å²) in [5.74, 6) is 0. The molecule has 2 rings (SSSR count). The highest BCUT2D eigenvalue weighted by Gasteiger charge is 2.17. The molecule has 0 saturated heterocycles. The summed E-state index contributed by atoms with van der Waals surface area (Å²) in [7, 11) is -3.48. The van der Waals surface area contributed by atoms with Crippen molar-refractivity contribution >= 4 is 33.0 Å². The first-order valence-electron chi connectivity index (χ1n) is 5.77. The standard InChI is InChI=1S/C13H14ClNO2S2/c1-10(9-12-3-2-8-18-12)15-19(16,17)13-6-4-11(14)5-7-13/h2-8,10,15H,9H2,1H3/t10-/m0/s1. The molecule has 0 bridgehead atoms. The van der Waals surface area contributed by atoms with Crippen LogP contribution in [-0.2, 0) is 16.4 Å². The van der Waals surface area contributed by atoms with E-state index < -0.39 is 10.0 Å². The molecule has 19 heavy (non-hydrogen) atoms. The van der Waals surface area contributed by atoms with Crippen LogP contribution >= 0.6 is 22.9 Å². The van der Waals surface area contributed by atoms with Crippen LogP contribution in [0.4, 0.5) is 0 Å².